The van der Waals surface area contributed by atoms with Gasteiger partial charge >= 0.3 is 0 Å². The van der Waals surface area contributed by atoms with Crippen LogP contribution >= 0.6 is 0 Å². The molecule has 0 heterocycles. The molecular weight excluding hydrogens is 198 g/mol. The highest BCUT2D eigenvalue weighted by Gasteiger charge is 2.02. The van der Waals surface area contributed by atoms with Crippen molar-refractivity contribution in [3.05, 3.63) is 0 Å². The molecule has 0 saturated carbocycles. The van der Waals surface area contributed by atoms with Crippen molar-refractivity contribution in [1.82, 2.24) is 5.32 Å². The minimum absolute atomic E-state index is 0.0498. The summed E-state index contributed by atoms with van der Waals surface area (Å²) >= 11 is 0. The van der Waals surface area contributed by atoms with E-state index in [9.17, 15) is 4.79 Å². The molecule has 0 fully saturated rings. The topological polar surface area (TPSA) is 67.8 Å². The summed E-state index contributed by atoms with van der Waals surface area (Å²) in [5.41, 5.74) is 0. The van der Waals surface area contributed by atoms with Gasteiger partial charge in [-0.15, -0.1) is 0 Å². The Hall–Kier alpha value is -0.650. The average molecular weight is 219 g/mol. The maximum absolute atomic E-state index is 11.1. The summed E-state index contributed by atoms with van der Waals surface area (Å²) in [5.74, 6) is -0.0498. The van der Waals surface area contributed by atoms with Gasteiger partial charge in [0.05, 0.1) is 25.9 Å². The van der Waals surface area contributed by atoms with E-state index in [-0.39, 0.29) is 5.91 Å². The molecule has 0 aromatic carbocycles. The molecule has 0 saturated heterocycles. The molecule has 0 bridgehead atoms. The van der Waals surface area contributed by atoms with Crippen molar-refractivity contribution in [2.45, 2.75) is 25.9 Å². The normalized spacial score (nSPS) is 12.5. The number of rotatable bonds is 9. The van der Waals surface area contributed by atoms with E-state index in [0.717, 1.165) is 0 Å². The zero-order valence-corrected chi connectivity index (χ0v) is 9.49. The molecule has 90 valence electrons. The molecule has 0 aromatic heterocycles. The minimum Gasteiger partial charge on any atom is -0.393 e. The second kappa shape index (κ2) is 9.89. The van der Waals surface area contributed by atoms with Crippen LogP contribution in [0.5, 0.6) is 0 Å². The number of ether oxygens (including phenoxy) is 2. The number of carbonyl (C=O) groups excluding carboxylic acids is 1. The van der Waals surface area contributed by atoms with Crippen LogP contribution in [0.2, 0.25) is 0 Å². The van der Waals surface area contributed by atoms with Crippen LogP contribution in [-0.2, 0) is 14.3 Å². The third kappa shape index (κ3) is 11.3. The van der Waals surface area contributed by atoms with Gasteiger partial charge in [-0.1, -0.05) is 0 Å². The van der Waals surface area contributed by atoms with Crippen molar-refractivity contribution < 1.29 is 19.4 Å². The van der Waals surface area contributed by atoms with Crippen molar-refractivity contribution in [1.29, 1.82) is 0 Å². The van der Waals surface area contributed by atoms with Gasteiger partial charge in [0.25, 0.3) is 0 Å². The van der Waals surface area contributed by atoms with E-state index in [1.165, 1.54) is 0 Å². The fourth-order valence-electron chi connectivity index (χ4n) is 0.935. The molecule has 1 unspecified atom stereocenters. The van der Waals surface area contributed by atoms with Gasteiger partial charge in [-0.3, -0.25) is 4.79 Å². The van der Waals surface area contributed by atoms with Crippen LogP contribution in [0.25, 0.3) is 0 Å². The predicted octanol–water partition coefficient (Wildman–Crippen LogP) is -0.0734. The van der Waals surface area contributed by atoms with Gasteiger partial charge in [-0.05, 0) is 13.3 Å². The average Bonchev–Trinajstić information content (AvgIpc) is 2.20. The van der Waals surface area contributed by atoms with E-state index in [1.54, 1.807) is 14.0 Å². The fraction of sp³-hybridized carbons (Fsp3) is 0.900. The van der Waals surface area contributed by atoms with Gasteiger partial charge in [0.1, 0.15) is 0 Å². The van der Waals surface area contributed by atoms with Gasteiger partial charge in [-0.25, -0.2) is 0 Å². The van der Waals surface area contributed by atoms with Gasteiger partial charge in [-0.2, -0.15) is 0 Å². The number of aliphatic hydroxyl groups is 1. The number of hydrogen-bond acceptors (Lipinski definition) is 4. The van der Waals surface area contributed by atoms with Crippen molar-refractivity contribution >= 4 is 5.91 Å². The molecule has 0 aliphatic rings. The molecule has 0 radical (unpaired) electrons. The van der Waals surface area contributed by atoms with Crippen molar-refractivity contribution in [3.8, 4) is 0 Å². The van der Waals surface area contributed by atoms with Crippen LogP contribution in [0.15, 0.2) is 0 Å². The Morgan fingerprint density at radius 2 is 2.13 bits per heavy atom. The number of nitrogens with one attached hydrogen (secondary N) is 1. The highest BCUT2D eigenvalue weighted by Crippen LogP contribution is 1.94. The van der Waals surface area contributed by atoms with E-state index >= 15 is 0 Å². The molecular formula is C10H21NO4. The van der Waals surface area contributed by atoms with Crippen LogP contribution in [0.3, 0.4) is 0 Å². The largest absolute Gasteiger partial charge is 0.393 e. The third-order valence-electron chi connectivity index (χ3n) is 1.79. The van der Waals surface area contributed by atoms with Crippen LogP contribution in [0.4, 0.5) is 0 Å². The number of methoxy groups -OCH3 is 1. The summed E-state index contributed by atoms with van der Waals surface area (Å²) in [6.07, 6.45) is 0.431. The number of aliphatic hydroxyl groups excluding tert-OH is 1. The Labute approximate surface area is 90.8 Å². The summed E-state index contributed by atoms with van der Waals surface area (Å²) < 4.78 is 9.96. The van der Waals surface area contributed by atoms with Crippen LogP contribution in [0, 0.1) is 0 Å². The molecule has 15 heavy (non-hydrogen) atoms. The number of amides is 1. The Morgan fingerprint density at radius 1 is 1.40 bits per heavy atom. The number of hydrogen-bond donors (Lipinski definition) is 2. The molecule has 1 amide bonds. The SMILES string of the molecule is COCCOCCNC(=O)CCC(C)O. The first kappa shape index (κ1) is 14.3. The first-order chi connectivity index (χ1) is 7.16. The third-order valence-corrected chi connectivity index (χ3v) is 1.79. The van der Waals surface area contributed by atoms with Crippen LogP contribution < -0.4 is 5.32 Å². The predicted molar refractivity (Wildman–Crippen MR) is 56.6 cm³/mol. The fourth-order valence-corrected chi connectivity index (χ4v) is 0.935. The van der Waals surface area contributed by atoms with Gasteiger partial charge in [0.2, 0.25) is 5.91 Å². The smallest absolute Gasteiger partial charge is 0.220 e. The highest BCUT2D eigenvalue weighted by molar-refractivity contribution is 5.75. The zero-order chi connectivity index (χ0) is 11.5. The van der Waals surface area contributed by atoms with E-state index in [2.05, 4.69) is 5.32 Å². The standard InChI is InChI=1S/C10H21NO4/c1-9(12)3-4-10(13)11-5-6-15-8-7-14-2/h9,12H,3-8H2,1-2H3,(H,11,13). The maximum Gasteiger partial charge on any atom is 0.220 e. The van der Waals surface area contributed by atoms with E-state index in [4.69, 9.17) is 14.6 Å². The lowest BCUT2D eigenvalue weighted by Crippen LogP contribution is -2.28. The monoisotopic (exact) mass is 219 g/mol. The first-order valence-electron chi connectivity index (χ1n) is 5.18. The molecule has 1 atom stereocenters. The quantitative estimate of drug-likeness (QED) is 0.533. The molecule has 0 rings (SSSR count). The van der Waals surface area contributed by atoms with Crippen LogP contribution in [0.1, 0.15) is 19.8 Å². The van der Waals surface area contributed by atoms with Gasteiger partial charge in [0.15, 0.2) is 0 Å². The lowest BCUT2D eigenvalue weighted by atomic mass is 10.2. The summed E-state index contributed by atoms with van der Waals surface area (Å²) in [6, 6.07) is 0. The summed E-state index contributed by atoms with van der Waals surface area (Å²) in [6.45, 7) is 3.77. The summed E-state index contributed by atoms with van der Waals surface area (Å²) in [7, 11) is 1.61. The van der Waals surface area contributed by atoms with Crippen molar-refractivity contribution in [2.75, 3.05) is 33.5 Å². The molecule has 0 aliphatic heterocycles. The second-order valence-electron chi connectivity index (χ2n) is 3.34. The molecule has 0 aromatic rings. The molecule has 5 heteroatoms. The molecule has 2 N–H and O–H groups in total. The highest BCUT2D eigenvalue weighted by atomic mass is 16.5. The minimum atomic E-state index is -0.422. The molecule has 5 nitrogen and oxygen atoms in total. The zero-order valence-electron chi connectivity index (χ0n) is 9.49. The summed E-state index contributed by atoms with van der Waals surface area (Å²) in [5, 5.41) is 11.7. The molecule has 0 aliphatic carbocycles. The van der Waals surface area contributed by atoms with Gasteiger partial charge in [0, 0.05) is 20.1 Å². The molecule has 0 spiro atoms. The second-order valence-corrected chi connectivity index (χ2v) is 3.34. The first-order valence-corrected chi connectivity index (χ1v) is 5.18. The van der Waals surface area contributed by atoms with Gasteiger partial charge < -0.3 is 19.9 Å². The Balaban J connectivity index is 3.17. The number of carbonyl (C=O) groups is 1. The van der Waals surface area contributed by atoms with E-state index < -0.39 is 6.10 Å². The lowest BCUT2D eigenvalue weighted by Gasteiger charge is -2.07. The Kier molecular flexibility index (Phi) is 9.46. The summed E-state index contributed by atoms with van der Waals surface area (Å²) in [4.78, 5) is 11.1. The van der Waals surface area contributed by atoms with Crippen molar-refractivity contribution in [3.63, 3.8) is 0 Å². The van der Waals surface area contributed by atoms with Crippen LogP contribution in [-0.4, -0.2) is 50.6 Å². The van der Waals surface area contributed by atoms with Crippen molar-refractivity contribution in [2.24, 2.45) is 0 Å². The Morgan fingerprint density at radius 3 is 2.73 bits per heavy atom. The van der Waals surface area contributed by atoms with E-state index in [0.29, 0.717) is 39.2 Å². The lowest BCUT2D eigenvalue weighted by molar-refractivity contribution is -0.121. The Bertz CT molecular complexity index is 162. The maximum atomic E-state index is 11.1. The van der Waals surface area contributed by atoms with E-state index in [1.807, 2.05) is 0 Å².